The van der Waals surface area contributed by atoms with E-state index in [4.69, 9.17) is 10.5 Å². The lowest BCUT2D eigenvalue weighted by atomic mass is 10.0. The van der Waals surface area contributed by atoms with Gasteiger partial charge in [-0.05, 0) is 19.8 Å². The molecule has 0 aromatic rings. The summed E-state index contributed by atoms with van der Waals surface area (Å²) < 4.78 is 5.61. The summed E-state index contributed by atoms with van der Waals surface area (Å²) in [4.78, 5) is 0. The van der Waals surface area contributed by atoms with E-state index in [9.17, 15) is 0 Å². The maximum atomic E-state index is 5.63. The zero-order valence-electron chi connectivity index (χ0n) is 6.73. The van der Waals surface area contributed by atoms with E-state index in [1.165, 1.54) is 12.8 Å². The van der Waals surface area contributed by atoms with Crippen molar-refractivity contribution in [2.24, 2.45) is 5.73 Å². The molecule has 2 N–H and O–H groups in total. The van der Waals surface area contributed by atoms with Crippen molar-refractivity contribution in [1.29, 1.82) is 0 Å². The van der Waals surface area contributed by atoms with Gasteiger partial charge in [-0.25, -0.2) is 0 Å². The molecule has 0 atom stereocenters. The lowest BCUT2D eigenvalue weighted by Crippen LogP contribution is -2.37. The van der Waals surface area contributed by atoms with Gasteiger partial charge in [-0.2, -0.15) is 0 Å². The lowest BCUT2D eigenvalue weighted by molar-refractivity contribution is -0.0265. The summed E-state index contributed by atoms with van der Waals surface area (Å²) in [7, 11) is 0. The standard InChI is InChI=1S/C8H17NO/c1-2-10-8(7-9)5-3-4-6-8/h2-7,9H2,1H3. The van der Waals surface area contributed by atoms with Gasteiger partial charge in [0.05, 0.1) is 5.60 Å². The van der Waals surface area contributed by atoms with Gasteiger partial charge in [0.15, 0.2) is 0 Å². The monoisotopic (exact) mass is 143 g/mol. The molecule has 2 heteroatoms. The second-order valence-corrected chi connectivity index (χ2v) is 3.03. The van der Waals surface area contributed by atoms with Crippen LogP contribution in [0, 0.1) is 0 Å². The van der Waals surface area contributed by atoms with Crippen molar-refractivity contribution in [3.05, 3.63) is 0 Å². The average Bonchev–Trinajstić information content (AvgIpc) is 2.39. The van der Waals surface area contributed by atoms with Crippen molar-refractivity contribution in [2.75, 3.05) is 13.2 Å². The molecule has 0 unspecified atom stereocenters. The van der Waals surface area contributed by atoms with Crippen LogP contribution in [0.1, 0.15) is 32.6 Å². The first-order valence-corrected chi connectivity index (χ1v) is 4.17. The molecule has 0 bridgehead atoms. The third kappa shape index (κ3) is 1.50. The van der Waals surface area contributed by atoms with Crippen LogP contribution in [0.25, 0.3) is 0 Å². The molecular formula is C8H17NO. The number of nitrogens with two attached hydrogens (primary N) is 1. The molecule has 60 valence electrons. The average molecular weight is 143 g/mol. The molecule has 0 spiro atoms. The highest BCUT2D eigenvalue weighted by atomic mass is 16.5. The highest BCUT2D eigenvalue weighted by molar-refractivity contribution is 4.86. The molecule has 0 aromatic carbocycles. The fraction of sp³-hybridized carbons (Fsp3) is 1.00. The van der Waals surface area contributed by atoms with Crippen molar-refractivity contribution in [3.63, 3.8) is 0 Å². The Morgan fingerprint density at radius 2 is 2.00 bits per heavy atom. The van der Waals surface area contributed by atoms with Crippen LogP contribution < -0.4 is 5.73 Å². The van der Waals surface area contributed by atoms with Crippen LogP contribution in [0.15, 0.2) is 0 Å². The number of rotatable bonds is 3. The van der Waals surface area contributed by atoms with Crippen molar-refractivity contribution in [3.8, 4) is 0 Å². The summed E-state index contributed by atoms with van der Waals surface area (Å²) in [6, 6.07) is 0. The van der Waals surface area contributed by atoms with Gasteiger partial charge in [0, 0.05) is 13.2 Å². The molecular weight excluding hydrogens is 126 g/mol. The van der Waals surface area contributed by atoms with E-state index in [2.05, 4.69) is 0 Å². The third-order valence-electron chi connectivity index (χ3n) is 2.34. The van der Waals surface area contributed by atoms with Gasteiger partial charge < -0.3 is 10.5 Å². The Morgan fingerprint density at radius 3 is 2.40 bits per heavy atom. The quantitative estimate of drug-likeness (QED) is 0.646. The highest BCUT2D eigenvalue weighted by Crippen LogP contribution is 2.31. The topological polar surface area (TPSA) is 35.2 Å². The maximum absolute atomic E-state index is 5.63. The number of hydrogen-bond donors (Lipinski definition) is 1. The van der Waals surface area contributed by atoms with E-state index >= 15 is 0 Å². The summed E-state index contributed by atoms with van der Waals surface area (Å²) >= 11 is 0. The lowest BCUT2D eigenvalue weighted by Gasteiger charge is -2.26. The van der Waals surface area contributed by atoms with Crippen molar-refractivity contribution < 1.29 is 4.74 Å². The molecule has 2 nitrogen and oxygen atoms in total. The molecule has 1 rings (SSSR count). The zero-order valence-corrected chi connectivity index (χ0v) is 6.73. The first kappa shape index (κ1) is 8.02. The van der Waals surface area contributed by atoms with Crippen LogP contribution in [0.2, 0.25) is 0 Å². The molecule has 1 aliphatic rings. The first-order chi connectivity index (χ1) is 4.83. The molecule has 1 saturated carbocycles. The first-order valence-electron chi connectivity index (χ1n) is 4.17. The minimum atomic E-state index is 0.0642. The van der Waals surface area contributed by atoms with E-state index in [0.29, 0.717) is 6.54 Å². The molecule has 0 radical (unpaired) electrons. The van der Waals surface area contributed by atoms with Gasteiger partial charge in [-0.15, -0.1) is 0 Å². The van der Waals surface area contributed by atoms with Crippen LogP contribution in [-0.4, -0.2) is 18.8 Å². The number of hydrogen-bond acceptors (Lipinski definition) is 2. The summed E-state index contributed by atoms with van der Waals surface area (Å²) in [6.45, 7) is 3.54. The molecule has 0 heterocycles. The van der Waals surface area contributed by atoms with E-state index in [0.717, 1.165) is 19.4 Å². The summed E-state index contributed by atoms with van der Waals surface area (Å²) in [5.41, 5.74) is 5.69. The van der Waals surface area contributed by atoms with Gasteiger partial charge in [-0.1, -0.05) is 12.8 Å². The van der Waals surface area contributed by atoms with Crippen LogP contribution in [-0.2, 0) is 4.74 Å². The Hall–Kier alpha value is -0.0800. The van der Waals surface area contributed by atoms with Crippen LogP contribution in [0.3, 0.4) is 0 Å². The largest absolute Gasteiger partial charge is 0.374 e. The molecule has 10 heavy (non-hydrogen) atoms. The van der Waals surface area contributed by atoms with E-state index < -0.39 is 0 Å². The second kappa shape index (κ2) is 3.35. The summed E-state index contributed by atoms with van der Waals surface area (Å²) in [5.74, 6) is 0. The Bertz CT molecular complexity index is 97.4. The fourth-order valence-electron chi connectivity index (χ4n) is 1.73. The maximum Gasteiger partial charge on any atom is 0.0804 e. The normalized spacial score (nSPS) is 23.4. The Kier molecular flexibility index (Phi) is 2.69. The van der Waals surface area contributed by atoms with Gasteiger partial charge in [0.25, 0.3) is 0 Å². The second-order valence-electron chi connectivity index (χ2n) is 3.03. The van der Waals surface area contributed by atoms with Crippen LogP contribution in [0.5, 0.6) is 0 Å². The zero-order chi connectivity index (χ0) is 7.45. The molecule has 0 saturated heterocycles. The summed E-state index contributed by atoms with van der Waals surface area (Å²) in [6.07, 6.45) is 4.91. The predicted octanol–water partition coefficient (Wildman–Crippen LogP) is 1.29. The summed E-state index contributed by atoms with van der Waals surface area (Å²) in [5, 5.41) is 0. The van der Waals surface area contributed by atoms with Crippen molar-refractivity contribution in [1.82, 2.24) is 0 Å². The minimum Gasteiger partial charge on any atom is -0.374 e. The molecule has 0 aromatic heterocycles. The molecule has 1 fully saturated rings. The Labute approximate surface area is 62.7 Å². The Balaban J connectivity index is 2.41. The van der Waals surface area contributed by atoms with Crippen LogP contribution in [0.4, 0.5) is 0 Å². The smallest absolute Gasteiger partial charge is 0.0804 e. The Morgan fingerprint density at radius 1 is 1.40 bits per heavy atom. The molecule has 1 aliphatic carbocycles. The van der Waals surface area contributed by atoms with Gasteiger partial charge in [0.1, 0.15) is 0 Å². The van der Waals surface area contributed by atoms with Crippen molar-refractivity contribution >= 4 is 0 Å². The van der Waals surface area contributed by atoms with Crippen LogP contribution >= 0.6 is 0 Å². The minimum absolute atomic E-state index is 0.0642. The predicted molar refractivity (Wildman–Crippen MR) is 41.9 cm³/mol. The van der Waals surface area contributed by atoms with Gasteiger partial charge in [-0.3, -0.25) is 0 Å². The van der Waals surface area contributed by atoms with E-state index in [-0.39, 0.29) is 5.60 Å². The van der Waals surface area contributed by atoms with E-state index in [1.54, 1.807) is 0 Å². The third-order valence-corrected chi connectivity index (χ3v) is 2.34. The molecule has 0 amide bonds. The molecule has 0 aliphatic heterocycles. The number of ether oxygens (including phenoxy) is 1. The van der Waals surface area contributed by atoms with Crippen molar-refractivity contribution in [2.45, 2.75) is 38.2 Å². The van der Waals surface area contributed by atoms with E-state index in [1.807, 2.05) is 6.92 Å². The van der Waals surface area contributed by atoms with Gasteiger partial charge >= 0.3 is 0 Å². The van der Waals surface area contributed by atoms with Gasteiger partial charge in [0.2, 0.25) is 0 Å². The fourth-order valence-corrected chi connectivity index (χ4v) is 1.73. The SMILES string of the molecule is CCOC1(CN)CCCC1. The highest BCUT2D eigenvalue weighted by Gasteiger charge is 2.32.